The van der Waals surface area contributed by atoms with Crippen LogP contribution in [0.4, 0.5) is 0 Å². The van der Waals surface area contributed by atoms with Crippen LogP contribution in [0.1, 0.15) is 18.7 Å². The molecule has 0 radical (unpaired) electrons. The van der Waals surface area contributed by atoms with Gasteiger partial charge in [-0.25, -0.2) is 4.98 Å². The van der Waals surface area contributed by atoms with Crippen LogP contribution in [0.5, 0.6) is 0 Å². The number of aromatic nitrogens is 2. The Morgan fingerprint density at radius 3 is 3.00 bits per heavy atom. The minimum Gasteiger partial charge on any atom is -0.480 e. The normalized spacial score (nSPS) is 17.3. The Kier molecular flexibility index (Phi) is 3.24. The molecule has 1 heterocycles. The van der Waals surface area contributed by atoms with Crippen molar-refractivity contribution in [1.29, 1.82) is 0 Å². The molecule has 5 nitrogen and oxygen atoms in total. The van der Waals surface area contributed by atoms with Gasteiger partial charge >= 0.3 is 5.97 Å². The fraction of sp³-hybridized carbons (Fsp3) is 0.636. The van der Waals surface area contributed by atoms with E-state index in [4.69, 9.17) is 5.11 Å². The smallest absolute Gasteiger partial charge is 0.320 e. The molecule has 1 aromatic rings. The summed E-state index contributed by atoms with van der Waals surface area (Å²) in [6, 6.07) is -0.371. The van der Waals surface area contributed by atoms with Gasteiger partial charge in [-0.05, 0) is 25.7 Å². The van der Waals surface area contributed by atoms with Crippen LogP contribution in [-0.4, -0.2) is 33.2 Å². The van der Waals surface area contributed by atoms with Crippen LogP contribution in [0.3, 0.4) is 0 Å². The summed E-state index contributed by atoms with van der Waals surface area (Å²) in [5.41, 5.74) is 0. The molecule has 5 heteroatoms. The third-order valence-electron chi connectivity index (χ3n) is 3.00. The summed E-state index contributed by atoms with van der Waals surface area (Å²) >= 11 is 0. The maximum absolute atomic E-state index is 11.0. The summed E-state index contributed by atoms with van der Waals surface area (Å²) in [5, 5.41) is 12.1. The fourth-order valence-corrected chi connectivity index (χ4v) is 1.87. The number of imidazole rings is 1. The molecule has 0 amide bonds. The van der Waals surface area contributed by atoms with E-state index in [1.807, 2.05) is 17.7 Å². The van der Waals surface area contributed by atoms with Gasteiger partial charge in [-0.3, -0.25) is 4.79 Å². The molecule has 2 rings (SSSR count). The van der Waals surface area contributed by atoms with Gasteiger partial charge in [-0.15, -0.1) is 0 Å². The largest absolute Gasteiger partial charge is 0.480 e. The molecule has 1 aliphatic carbocycles. The number of carboxylic acids is 1. The zero-order chi connectivity index (χ0) is 11.5. The molecule has 2 N–H and O–H groups in total. The molecule has 0 bridgehead atoms. The second-order valence-electron chi connectivity index (χ2n) is 4.28. The molecule has 0 spiro atoms. The minimum absolute atomic E-state index is 0.335. The monoisotopic (exact) mass is 223 g/mol. The molecule has 1 saturated carbocycles. The Morgan fingerprint density at radius 2 is 2.50 bits per heavy atom. The summed E-state index contributed by atoms with van der Waals surface area (Å²) in [6.45, 7) is 3.38. The second kappa shape index (κ2) is 4.65. The van der Waals surface area contributed by atoms with E-state index in [2.05, 4.69) is 10.3 Å². The van der Waals surface area contributed by atoms with E-state index in [0.717, 1.165) is 25.2 Å². The lowest BCUT2D eigenvalue weighted by molar-refractivity contribution is -0.140. The number of rotatable bonds is 6. The van der Waals surface area contributed by atoms with Gasteiger partial charge < -0.3 is 15.0 Å². The van der Waals surface area contributed by atoms with E-state index in [1.54, 1.807) is 6.20 Å². The summed E-state index contributed by atoms with van der Waals surface area (Å²) < 4.78 is 2.01. The van der Waals surface area contributed by atoms with Gasteiger partial charge in [0.1, 0.15) is 11.9 Å². The first-order valence-corrected chi connectivity index (χ1v) is 5.62. The quantitative estimate of drug-likeness (QED) is 0.743. The summed E-state index contributed by atoms with van der Waals surface area (Å²) in [7, 11) is 0. The molecule has 1 aliphatic rings. The van der Waals surface area contributed by atoms with Crippen molar-refractivity contribution in [2.24, 2.45) is 5.92 Å². The number of aliphatic carboxylic acids is 1. The summed E-state index contributed by atoms with van der Waals surface area (Å²) in [5.74, 6) is 0.561. The van der Waals surface area contributed by atoms with Gasteiger partial charge in [0.2, 0.25) is 0 Å². The van der Waals surface area contributed by atoms with E-state index in [9.17, 15) is 4.79 Å². The van der Waals surface area contributed by atoms with Crippen LogP contribution >= 0.6 is 0 Å². The molecule has 0 aliphatic heterocycles. The van der Waals surface area contributed by atoms with Crippen molar-refractivity contribution in [3.05, 3.63) is 18.2 Å². The molecule has 1 unspecified atom stereocenters. The zero-order valence-corrected chi connectivity index (χ0v) is 9.39. The topological polar surface area (TPSA) is 67.2 Å². The summed E-state index contributed by atoms with van der Waals surface area (Å²) in [4.78, 5) is 15.1. The SMILES string of the molecule is Cc1nccn1CCNC(C(=O)O)C1CC1. The molecule has 1 fully saturated rings. The highest BCUT2D eigenvalue weighted by Crippen LogP contribution is 2.32. The lowest BCUT2D eigenvalue weighted by Gasteiger charge is -2.13. The van der Waals surface area contributed by atoms with Crippen molar-refractivity contribution in [2.75, 3.05) is 6.54 Å². The molecule has 16 heavy (non-hydrogen) atoms. The second-order valence-corrected chi connectivity index (χ2v) is 4.28. The van der Waals surface area contributed by atoms with E-state index in [0.29, 0.717) is 12.5 Å². The van der Waals surface area contributed by atoms with Crippen LogP contribution in [0.25, 0.3) is 0 Å². The van der Waals surface area contributed by atoms with E-state index in [-0.39, 0.29) is 6.04 Å². The van der Waals surface area contributed by atoms with Crippen LogP contribution < -0.4 is 5.32 Å². The summed E-state index contributed by atoms with van der Waals surface area (Å²) in [6.07, 6.45) is 5.73. The standard InChI is InChI=1S/C11H17N3O2/c1-8-12-4-6-14(8)7-5-13-10(11(15)16)9-2-3-9/h4,6,9-10,13H,2-3,5,7H2,1H3,(H,15,16). The Labute approximate surface area is 94.5 Å². The first-order valence-electron chi connectivity index (χ1n) is 5.62. The molecule has 0 saturated heterocycles. The van der Waals surface area contributed by atoms with Crippen molar-refractivity contribution >= 4 is 5.97 Å². The molecular formula is C11H17N3O2. The van der Waals surface area contributed by atoms with Crippen molar-refractivity contribution in [2.45, 2.75) is 32.4 Å². The van der Waals surface area contributed by atoms with Crippen molar-refractivity contribution in [3.63, 3.8) is 0 Å². The lowest BCUT2D eigenvalue weighted by atomic mass is 10.2. The number of hydrogen-bond acceptors (Lipinski definition) is 3. The zero-order valence-electron chi connectivity index (χ0n) is 9.39. The first kappa shape index (κ1) is 11.1. The van der Waals surface area contributed by atoms with Gasteiger partial charge in [0.25, 0.3) is 0 Å². The molecule has 88 valence electrons. The lowest BCUT2D eigenvalue weighted by Crippen LogP contribution is -2.40. The number of hydrogen-bond donors (Lipinski definition) is 2. The van der Waals surface area contributed by atoms with Crippen molar-refractivity contribution < 1.29 is 9.90 Å². The van der Waals surface area contributed by atoms with Gasteiger partial charge in [0.05, 0.1) is 0 Å². The van der Waals surface area contributed by atoms with Crippen molar-refractivity contribution in [1.82, 2.24) is 14.9 Å². The van der Waals surface area contributed by atoms with Gasteiger partial charge in [-0.1, -0.05) is 0 Å². The van der Waals surface area contributed by atoms with E-state index >= 15 is 0 Å². The predicted octanol–water partition coefficient (Wildman–Crippen LogP) is 0.644. The highest BCUT2D eigenvalue weighted by Gasteiger charge is 2.35. The van der Waals surface area contributed by atoms with Crippen molar-refractivity contribution in [3.8, 4) is 0 Å². The Hall–Kier alpha value is -1.36. The Balaban J connectivity index is 1.78. The number of nitrogens with zero attached hydrogens (tertiary/aromatic N) is 2. The third kappa shape index (κ3) is 2.61. The average molecular weight is 223 g/mol. The maximum atomic E-state index is 11.0. The first-order chi connectivity index (χ1) is 7.68. The molecule has 1 atom stereocenters. The Morgan fingerprint density at radius 1 is 1.75 bits per heavy atom. The maximum Gasteiger partial charge on any atom is 0.320 e. The average Bonchev–Trinajstić information content (AvgIpc) is 2.98. The van der Waals surface area contributed by atoms with Crippen LogP contribution in [-0.2, 0) is 11.3 Å². The predicted molar refractivity (Wildman–Crippen MR) is 59.1 cm³/mol. The van der Waals surface area contributed by atoms with Crippen LogP contribution in [0.2, 0.25) is 0 Å². The minimum atomic E-state index is -0.732. The van der Waals surface area contributed by atoms with Gasteiger partial charge in [0, 0.05) is 25.5 Å². The highest BCUT2D eigenvalue weighted by atomic mass is 16.4. The highest BCUT2D eigenvalue weighted by molar-refractivity contribution is 5.74. The van der Waals surface area contributed by atoms with Crippen LogP contribution in [0, 0.1) is 12.8 Å². The molecule has 0 aromatic carbocycles. The van der Waals surface area contributed by atoms with E-state index < -0.39 is 5.97 Å². The number of carbonyl (C=O) groups is 1. The molecule has 1 aromatic heterocycles. The third-order valence-corrected chi connectivity index (χ3v) is 3.00. The Bertz CT molecular complexity index is 371. The van der Waals surface area contributed by atoms with Crippen LogP contribution in [0.15, 0.2) is 12.4 Å². The number of carboxylic acid groups (broad SMARTS) is 1. The van der Waals surface area contributed by atoms with Gasteiger partial charge in [-0.2, -0.15) is 0 Å². The van der Waals surface area contributed by atoms with Gasteiger partial charge in [0.15, 0.2) is 0 Å². The number of nitrogens with one attached hydrogen (secondary N) is 1. The molecular weight excluding hydrogens is 206 g/mol. The van der Waals surface area contributed by atoms with E-state index in [1.165, 1.54) is 0 Å². The fourth-order valence-electron chi connectivity index (χ4n) is 1.87. The number of aryl methyl sites for hydroxylation is 1.